The standard InChI is InChI=1S/C10H7BrFNO2/c1-4-2-5-8(11)7(12)3-6(10(14)15)9(5)13-4/h2-3,13H,1H3,(H,14,15). The van der Waals surface area contributed by atoms with Crippen molar-refractivity contribution in [3.8, 4) is 0 Å². The number of fused-ring (bicyclic) bond motifs is 1. The van der Waals surface area contributed by atoms with E-state index in [1.54, 1.807) is 13.0 Å². The van der Waals surface area contributed by atoms with Gasteiger partial charge in [0.1, 0.15) is 5.82 Å². The van der Waals surface area contributed by atoms with Gasteiger partial charge in [-0.05, 0) is 35.0 Å². The van der Waals surface area contributed by atoms with E-state index in [1.165, 1.54) is 0 Å². The molecule has 0 radical (unpaired) electrons. The Morgan fingerprint density at radius 2 is 2.20 bits per heavy atom. The van der Waals surface area contributed by atoms with Gasteiger partial charge in [0.2, 0.25) is 0 Å². The second-order valence-corrected chi connectivity index (χ2v) is 4.06. The highest BCUT2D eigenvalue weighted by Crippen LogP contribution is 2.30. The molecule has 0 saturated heterocycles. The molecule has 0 aliphatic heterocycles. The van der Waals surface area contributed by atoms with Gasteiger partial charge < -0.3 is 10.1 Å². The third-order valence-corrected chi connectivity index (χ3v) is 2.98. The zero-order valence-corrected chi connectivity index (χ0v) is 9.35. The third-order valence-electron chi connectivity index (χ3n) is 2.17. The van der Waals surface area contributed by atoms with E-state index in [2.05, 4.69) is 20.9 Å². The molecule has 0 aliphatic rings. The van der Waals surface area contributed by atoms with Crippen LogP contribution >= 0.6 is 15.9 Å². The molecule has 1 aromatic heterocycles. The van der Waals surface area contributed by atoms with Gasteiger partial charge in [-0.25, -0.2) is 9.18 Å². The first-order valence-corrected chi connectivity index (χ1v) is 5.00. The molecule has 0 atom stereocenters. The number of benzene rings is 1. The number of halogens is 2. The van der Waals surface area contributed by atoms with Crippen LogP contribution in [0.15, 0.2) is 16.6 Å². The van der Waals surface area contributed by atoms with Crippen molar-refractivity contribution < 1.29 is 14.3 Å². The number of hydrogen-bond acceptors (Lipinski definition) is 1. The topological polar surface area (TPSA) is 53.1 Å². The van der Waals surface area contributed by atoms with Crippen LogP contribution in [0, 0.1) is 12.7 Å². The average Bonchev–Trinajstić information content (AvgIpc) is 2.53. The second-order valence-electron chi connectivity index (χ2n) is 3.27. The number of aromatic amines is 1. The molecule has 0 fully saturated rings. The maximum Gasteiger partial charge on any atom is 0.337 e. The minimum Gasteiger partial charge on any atom is -0.478 e. The average molecular weight is 272 g/mol. The number of carboxylic acids is 1. The number of aryl methyl sites for hydroxylation is 1. The van der Waals surface area contributed by atoms with E-state index in [0.29, 0.717) is 10.9 Å². The van der Waals surface area contributed by atoms with E-state index < -0.39 is 11.8 Å². The lowest BCUT2D eigenvalue weighted by Gasteiger charge is -2.01. The number of carbonyl (C=O) groups is 1. The van der Waals surface area contributed by atoms with E-state index in [9.17, 15) is 9.18 Å². The summed E-state index contributed by atoms with van der Waals surface area (Å²) in [6.07, 6.45) is 0. The van der Waals surface area contributed by atoms with Crippen molar-refractivity contribution in [1.29, 1.82) is 0 Å². The number of hydrogen-bond donors (Lipinski definition) is 2. The maximum atomic E-state index is 13.4. The van der Waals surface area contributed by atoms with Crippen molar-refractivity contribution in [3.63, 3.8) is 0 Å². The number of carboxylic acid groups (broad SMARTS) is 1. The first kappa shape index (κ1) is 10.2. The SMILES string of the molecule is Cc1cc2c(Br)c(F)cc(C(=O)O)c2[nH]1. The number of nitrogens with one attached hydrogen (secondary N) is 1. The van der Waals surface area contributed by atoms with Crippen molar-refractivity contribution in [3.05, 3.63) is 33.7 Å². The van der Waals surface area contributed by atoms with Crippen LogP contribution in [-0.2, 0) is 0 Å². The van der Waals surface area contributed by atoms with Gasteiger partial charge in [-0.1, -0.05) is 0 Å². The largest absolute Gasteiger partial charge is 0.478 e. The molecule has 0 unspecified atom stereocenters. The van der Waals surface area contributed by atoms with Gasteiger partial charge in [-0.3, -0.25) is 0 Å². The van der Waals surface area contributed by atoms with E-state index in [4.69, 9.17) is 5.11 Å². The summed E-state index contributed by atoms with van der Waals surface area (Å²) in [5, 5.41) is 9.45. The zero-order chi connectivity index (χ0) is 11.2. The highest BCUT2D eigenvalue weighted by atomic mass is 79.9. The Morgan fingerprint density at radius 1 is 1.53 bits per heavy atom. The predicted molar refractivity (Wildman–Crippen MR) is 57.7 cm³/mol. The molecule has 0 amide bonds. The van der Waals surface area contributed by atoms with Crippen molar-refractivity contribution in [2.45, 2.75) is 6.92 Å². The summed E-state index contributed by atoms with van der Waals surface area (Å²) in [7, 11) is 0. The van der Waals surface area contributed by atoms with Gasteiger partial charge >= 0.3 is 5.97 Å². The third kappa shape index (κ3) is 1.52. The van der Waals surface area contributed by atoms with E-state index >= 15 is 0 Å². The molecule has 5 heteroatoms. The molecular formula is C10H7BrFNO2. The quantitative estimate of drug-likeness (QED) is 0.838. The van der Waals surface area contributed by atoms with Gasteiger partial charge in [0, 0.05) is 11.1 Å². The van der Waals surface area contributed by atoms with Gasteiger partial charge in [0.25, 0.3) is 0 Å². The van der Waals surface area contributed by atoms with Crippen LogP contribution in [0.25, 0.3) is 10.9 Å². The second kappa shape index (κ2) is 3.34. The monoisotopic (exact) mass is 271 g/mol. The van der Waals surface area contributed by atoms with Crippen LogP contribution in [0.4, 0.5) is 4.39 Å². The van der Waals surface area contributed by atoms with Gasteiger partial charge in [0.05, 0.1) is 15.6 Å². The first-order valence-electron chi connectivity index (χ1n) is 4.21. The summed E-state index contributed by atoms with van der Waals surface area (Å²) in [5.41, 5.74) is 1.17. The Hall–Kier alpha value is -1.36. The Balaban J connectivity index is 2.93. The summed E-state index contributed by atoms with van der Waals surface area (Å²) in [6, 6.07) is 2.71. The Kier molecular flexibility index (Phi) is 2.26. The molecule has 1 aromatic carbocycles. The van der Waals surface area contributed by atoms with Gasteiger partial charge in [-0.15, -0.1) is 0 Å². The van der Waals surface area contributed by atoms with Crippen molar-refractivity contribution in [2.75, 3.05) is 0 Å². The molecule has 15 heavy (non-hydrogen) atoms. The van der Waals surface area contributed by atoms with Crippen LogP contribution in [0.5, 0.6) is 0 Å². The molecule has 0 bridgehead atoms. The first-order chi connectivity index (χ1) is 7.00. The minimum absolute atomic E-state index is 0.0567. The van der Waals surface area contributed by atoms with Crippen LogP contribution in [0.2, 0.25) is 0 Å². The normalized spacial score (nSPS) is 10.9. The van der Waals surface area contributed by atoms with Gasteiger partial charge in [0.15, 0.2) is 0 Å². The highest BCUT2D eigenvalue weighted by Gasteiger charge is 2.16. The summed E-state index contributed by atoms with van der Waals surface area (Å²) in [6.45, 7) is 1.79. The molecule has 1 heterocycles. The van der Waals surface area contributed by atoms with Crippen LogP contribution in [0.3, 0.4) is 0 Å². The lowest BCUT2D eigenvalue weighted by Crippen LogP contribution is -1.99. The van der Waals surface area contributed by atoms with Crippen LogP contribution < -0.4 is 0 Å². The fraction of sp³-hybridized carbons (Fsp3) is 0.100. The summed E-state index contributed by atoms with van der Waals surface area (Å²) >= 11 is 3.09. The smallest absolute Gasteiger partial charge is 0.337 e. The number of H-pyrrole nitrogens is 1. The molecule has 2 N–H and O–H groups in total. The molecule has 2 aromatic rings. The van der Waals surface area contributed by atoms with Crippen molar-refractivity contribution in [1.82, 2.24) is 4.98 Å². The molecule has 78 valence electrons. The number of aromatic carboxylic acids is 1. The number of rotatable bonds is 1. The van der Waals surface area contributed by atoms with Crippen molar-refractivity contribution in [2.24, 2.45) is 0 Å². The molecule has 3 nitrogen and oxygen atoms in total. The molecule has 0 spiro atoms. The van der Waals surface area contributed by atoms with E-state index in [1.807, 2.05) is 0 Å². The van der Waals surface area contributed by atoms with Crippen molar-refractivity contribution >= 4 is 32.8 Å². The Morgan fingerprint density at radius 3 is 2.80 bits per heavy atom. The fourth-order valence-electron chi connectivity index (χ4n) is 1.53. The molecular weight excluding hydrogens is 265 g/mol. The zero-order valence-electron chi connectivity index (χ0n) is 7.77. The van der Waals surface area contributed by atoms with E-state index in [0.717, 1.165) is 11.8 Å². The summed E-state index contributed by atoms with van der Waals surface area (Å²) in [5.74, 6) is -1.72. The van der Waals surface area contributed by atoms with Crippen LogP contribution in [0.1, 0.15) is 16.1 Å². The molecule has 0 saturated carbocycles. The number of aromatic nitrogens is 1. The minimum atomic E-state index is -1.15. The predicted octanol–water partition coefficient (Wildman–Crippen LogP) is 3.08. The fourth-order valence-corrected chi connectivity index (χ4v) is 1.96. The van der Waals surface area contributed by atoms with Crippen LogP contribution in [-0.4, -0.2) is 16.1 Å². The summed E-state index contributed by atoms with van der Waals surface area (Å²) in [4.78, 5) is 13.8. The maximum absolute atomic E-state index is 13.4. The Labute approximate surface area is 93.0 Å². The lowest BCUT2D eigenvalue weighted by atomic mass is 10.1. The molecule has 0 aliphatic carbocycles. The van der Waals surface area contributed by atoms with E-state index in [-0.39, 0.29) is 10.0 Å². The van der Waals surface area contributed by atoms with Gasteiger partial charge in [-0.2, -0.15) is 0 Å². The lowest BCUT2D eigenvalue weighted by molar-refractivity contribution is 0.0698. The molecule has 2 rings (SSSR count). The Bertz CT molecular complexity index is 562. The summed E-state index contributed by atoms with van der Waals surface area (Å²) < 4.78 is 13.6. The highest BCUT2D eigenvalue weighted by molar-refractivity contribution is 9.10.